The minimum Gasteiger partial charge on any atom is -0.497 e. The second-order valence-electron chi connectivity index (χ2n) is 6.49. The van der Waals surface area contributed by atoms with Crippen LogP contribution in [-0.2, 0) is 11.3 Å². The number of hydrazine groups is 2. The Morgan fingerprint density at radius 1 is 1.29 bits per heavy atom. The molecular weight excluding hydrogens is 304 g/mol. The fraction of sp³-hybridized carbons (Fsp3) is 0.500. The zero-order valence-electron chi connectivity index (χ0n) is 14.1. The average molecular weight is 330 g/mol. The van der Waals surface area contributed by atoms with Gasteiger partial charge < -0.3 is 9.64 Å². The molecule has 3 unspecified atom stereocenters. The third kappa shape index (κ3) is 3.77. The Kier molecular flexibility index (Phi) is 5.50. The van der Waals surface area contributed by atoms with Gasteiger partial charge in [-0.3, -0.25) is 4.79 Å². The lowest BCUT2D eigenvalue weighted by Gasteiger charge is -2.33. The summed E-state index contributed by atoms with van der Waals surface area (Å²) in [6, 6.07) is 8.60. The monoisotopic (exact) mass is 330 g/mol. The van der Waals surface area contributed by atoms with Crippen molar-refractivity contribution in [3.63, 3.8) is 0 Å². The molecule has 6 heteroatoms. The summed E-state index contributed by atoms with van der Waals surface area (Å²) in [6.45, 7) is 4.97. The van der Waals surface area contributed by atoms with Crippen LogP contribution in [0.15, 0.2) is 36.9 Å². The summed E-state index contributed by atoms with van der Waals surface area (Å²) in [7, 11) is 1.65. The predicted octanol–water partition coefficient (Wildman–Crippen LogP) is 1.36. The molecule has 1 aromatic rings. The van der Waals surface area contributed by atoms with Gasteiger partial charge in [-0.2, -0.15) is 5.53 Å². The highest BCUT2D eigenvalue weighted by molar-refractivity contribution is 5.79. The molecular formula is C18H26N4O2. The summed E-state index contributed by atoms with van der Waals surface area (Å²) < 4.78 is 5.19. The minimum absolute atomic E-state index is 0.0682. The van der Waals surface area contributed by atoms with Gasteiger partial charge in [0, 0.05) is 31.1 Å². The molecule has 3 rings (SSSR count). The van der Waals surface area contributed by atoms with Gasteiger partial charge in [0.1, 0.15) is 5.75 Å². The summed E-state index contributed by atoms with van der Waals surface area (Å²) in [5.74, 6) is 1.11. The Morgan fingerprint density at radius 2 is 2.04 bits per heavy atom. The summed E-state index contributed by atoms with van der Waals surface area (Å²) in [5.41, 5.74) is 10.5. The van der Waals surface area contributed by atoms with Crippen molar-refractivity contribution in [1.82, 2.24) is 21.3 Å². The van der Waals surface area contributed by atoms with Crippen molar-refractivity contribution in [3.8, 4) is 5.75 Å². The zero-order chi connectivity index (χ0) is 16.9. The lowest BCUT2D eigenvalue weighted by atomic mass is 9.82. The number of fused-ring (bicyclic) bond motifs is 1. The van der Waals surface area contributed by atoms with Crippen molar-refractivity contribution in [2.45, 2.75) is 37.9 Å². The Morgan fingerprint density at radius 3 is 2.75 bits per heavy atom. The number of hydrogen-bond acceptors (Lipinski definition) is 5. The van der Waals surface area contributed by atoms with Gasteiger partial charge in [0.25, 0.3) is 0 Å². The predicted molar refractivity (Wildman–Crippen MR) is 92.9 cm³/mol. The first-order valence-electron chi connectivity index (χ1n) is 8.50. The van der Waals surface area contributed by atoms with Crippen LogP contribution in [0, 0.1) is 5.92 Å². The molecule has 6 nitrogen and oxygen atoms in total. The topological polar surface area (TPSA) is 65.6 Å². The maximum Gasteiger partial charge on any atom is 0.226 e. The second kappa shape index (κ2) is 7.79. The molecule has 1 aromatic carbocycles. The van der Waals surface area contributed by atoms with Gasteiger partial charge in [-0.25, -0.2) is 10.9 Å². The number of nitrogens with zero attached hydrogens (tertiary/aromatic N) is 1. The number of amides is 1. The largest absolute Gasteiger partial charge is 0.497 e. The lowest BCUT2D eigenvalue weighted by Crippen LogP contribution is -2.45. The standard InChI is InChI=1S/C18H26N4O2/c1-3-10-22(12-13-4-7-15(24-2)8-5-13)18(23)14-6-9-16-17(11-14)20-21-19-16/h3-5,7-8,14,16-17,19-21H,1,6,9-12H2,2H3. The first kappa shape index (κ1) is 17.0. The van der Waals surface area contributed by atoms with Crippen LogP contribution in [0.2, 0.25) is 0 Å². The molecule has 0 spiro atoms. The molecule has 2 aliphatic rings. The maximum absolute atomic E-state index is 13.0. The van der Waals surface area contributed by atoms with Crippen LogP contribution in [0.3, 0.4) is 0 Å². The molecule has 2 fully saturated rings. The highest BCUT2D eigenvalue weighted by Gasteiger charge is 2.37. The van der Waals surface area contributed by atoms with Crippen molar-refractivity contribution in [2.24, 2.45) is 5.92 Å². The number of carbonyl (C=O) groups excluding carboxylic acids is 1. The molecule has 130 valence electrons. The van der Waals surface area contributed by atoms with Crippen LogP contribution < -0.4 is 21.1 Å². The van der Waals surface area contributed by atoms with Crippen molar-refractivity contribution in [2.75, 3.05) is 13.7 Å². The Labute approximate surface area is 143 Å². The van der Waals surface area contributed by atoms with Crippen LogP contribution in [0.4, 0.5) is 0 Å². The van der Waals surface area contributed by atoms with Crippen LogP contribution in [0.1, 0.15) is 24.8 Å². The quantitative estimate of drug-likeness (QED) is 0.688. The van der Waals surface area contributed by atoms with Crippen molar-refractivity contribution >= 4 is 5.91 Å². The molecule has 24 heavy (non-hydrogen) atoms. The first-order chi connectivity index (χ1) is 11.7. The van der Waals surface area contributed by atoms with Gasteiger partial charge in [-0.15, -0.1) is 6.58 Å². The molecule has 1 aliphatic carbocycles. The van der Waals surface area contributed by atoms with Gasteiger partial charge in [-0.05, 0) is 37.0 Å². The van der Waals surface area contributed by atoms with Gasteiger partial charge >= 0.3 is 0 Å². The average Bonchev–Trinajstić information content (AvgIpc) is 3.09. The summed E-state index contributed by atoms with van der Waals surface area (Å²) in [4.78, 5) is 14.9. The molecule has 3 N–H and O–H groups in total. The number of carbonyl (C=O) groups is 1. The van der Waals surface area contributed by atoms with Crippen LogP contribution in [0.25, 0.3) is 0 Å². The van der Waals surface area contributed by atoms with Crippen LogP contribution in [0.5, 0.6) is 5.75 Å². The van der Waals surface area contributed by atoms with Crippen molar-refractivity contribution < 1.29 is 9.53 Å². The molecule has 1 heterocycles. The Balaban J connectivity index is 1.65. The smallest absolute Gasteiger partial charge is 0.226 e. The molecule has 0 aromatic heterocycles. The number of methoxy groups -OCH3 is 1. The molecule has 1 saturated heterocycles. The van der Waals surface area contributed by atoms with E-state index < -0.39 is 0 Å². The van der Waals surface area contributed by atoms with E-state index >= 15 is 0 Å². The van der Waals surface area contributed by atoms with E-state index in [0.29, 0.717) is 25.2 Å². The molecule has 0 radical (unpaired) electrons. The number of rotatable bonds is 6. The Bertz CT molecular complexity index is 575. The van der Waals surface area contributed by atoms with Gasteiger partial charge in [0.2, 0.25) is 5.91 Å². The van der Waals surface area contributed by atoms with E-state index in [1.807, 2.05) is 29.2 Å². The van der Waals surface area contributed by atoms with E-state index in [1.54, 1.807) is 13.2 Å². The van der Waals surface area contributed by atoms with E-state index in [9.17, 15) is 4.79 Å². The molecule has 0 bridgehead atoms. The lowest BCUT2D eigenvalue weighted by molar-refractivity contribution is -0.137. The van der Waals surface area contributed by atoms with Gasteiger partial charge in [0.05, 0.1) is 7.11 Å². The zero-order valence-corrected chi connectivity index (χ0v) is 14.1. The molecule has 1 saturated carbocycles. The normalized spacial score (nSPS) is 25.8. The first-order valence-corrected chi connectivity index (χ1v) is 8.50. The summed E-state index contributed by atoms with van der Waals surface area (Å²) in [6.07, 6.45) is 4.59. The number of benzene rings is 1. The van der Waals surface area contributed by atoms with E-state index in [2.05, 4.69) is 23.0 Å². The molecule has 1 amide bonds. The SMILES string of the molecule is C=CCN(Cc1ccc(OC)cc1)C(=O)C1CCC2NNNC2C1. The second-order valence-corrected chi connectivity index (χ2v) is 6.49. The van der Waals surface area contributed by atoms with E-state index in [-0.39, 0.29) is 11.8 Å². The van der Waals surface area contributed by atoms with Crippen molar-refractivity contribution in [1.29, 1.82) is 0 Å². The third-order valence-electron chi connectivity index (χ3n) is 4.91. The van der Waals surface area contributed by atoms with Crippen LogP contribution in [-0.4, -0.2) is 36.5 Å². The third-order valence-corrected chi connectivity index (χ3v) is 4.91. The minimum atomic E-state index is 0.0682. The summed E-state index contributed by atoms with van der Waals surface area (Å²) >= 11 is 0. The van der Waals surface area contributed by atoms with Gasteiger partial charge in [-0.1, -0.05) is 18.2 Å². The van der Waals surface area contributed by atoms with Crippen LogP contribution >= 0.6 is 0 Å². The molecule has 3 atom stereocenters. The van der Waals surface area contributed by atoms with Gasteiger partial charge in [0.15, 0.2) is 0 Å². The highest BCUT2D eigenvalue weighted by Crippen LogP contribution is 2.28. The molecule has 1 aliphatic heterocycles. The maximum atomic E-state index is 13.0. The number of nitrogens with one attached hydrogen (secondary N) is 3. The fourth-order valence-corrected chi connectivity index (χ4v) is 3.55. The van der Waals surface area contributed by atoms with E-state index in [4.69, 9.17) is 4.74 Å². The fourth-order valence-electron chi connectivity index (χ4n) is 3.55. The highest BCUT2D eigenvalue weighted by atomic mass is 16.5. The summed E-state index contributed by atoms with van der Waals surface area (Å²) in [5, 5.41) is 0. The number of hydrogen-bond donors (Lipinski definition) is 3. The van der Waals surface area contributed by atoms with E-state index in [0.717, 1.165) is 30.6 Å². The van der Waals surface area contributed by atoms with Crippen molar-refractivity contribution in [3.05, 3.63) is 42.5 Å². The Hall–Kier alpha value is -1.89. The van der Waals surface area contributed by atoms with E-state index in [1.165, 1.54) is 0 Å². The number of ether oxygens (including phenoxy) is 1.